The summed E-state index contributed by atoms with van der Waals surface area (Å²) < 4.78 is 11.3. The van der Waals surface area contributed by atoms with Crippen LogP contribution in [0.3, 0.4) is 0 Å². The van der Waals surface area contributed by atoms with Gasteiger partial charge in [-0.05, 0) is 36.6 Å². The van der Waals surface area contributed by atoms with Gasteiger partial charge in [0, 0.05) is 25.8 Å². The quantitative estimate of drug-likeness (QED) is 0.900. The Morgan fingerprint density at radius 1 is 1.07 bits per heavy atom. The predicted octanol–water partition coefficient (Wildman–Crippen LogP) is 2.92. The second-order valence-corrected chi connectivity index (χ2v) is 7.01. The molecule has 2 aliphatic rings. The van der Waals surface area contributed by atoms with Crippen molar-refractivity contribution in [3.63, 3.8) is 0 Å². The van der Waals surface area contributed by atoms with E-state index >= 15 is 0 Å². The van der Waals surface area contributed by atoms with Gasteiger partial charge < -0.3 is 19.7 Å². The molecule has 27 heavy (non-hydrogen) atoms. The first-order valence-electron chi connectivity index (χ1n) is 9.66. The first-order chi connectivity index (χ1) is 13.3. The van der Waals surface area contributed by atoms with Crippen LogP contribution in [0.1, 0.15) is 31.2 Å². The summed E-state index contributed by atoms with van der Waals surface area (Å²) in [5, 5.41) is 2.91. The highest BCUT2D eigenvalue weighted by atomic mass is 16.6. The average Bonchev–Trinajstić information content (AvgIpc) is 3.01. The molecule has 3 heterocycles. The fourth-order valence-electron chi connectivity index (χ4n) is 3.46. The summed E-state index contributed by atoms with van der Waals surface area (Å²) in [5.74, 6) is 2.12. The van der Waals surface area contributed by atoms with Crippen molar-refractivity contribution in [2.75, 3.05) is 24.6 Å². The van der Waals surface area contributed by atoms with Crippen LogP contribution in [0.15, 0.2) is 42.6 Å². The van der Waals surface area contributed by atoms with Crippen molar-refractivity contribution in [1.29, 1.82) is 0 Å². The van der Waals surface area contributed by atoms with Gasteiger partial charge in [0.05, 0.1) is 0 Å². The SMILES string of the molecule is O=C(NCc1ccc(N2CCCCCC2)nc1)[C@H]1COc2ccccc2O1. The maximum atomic E-state index is 12.4. The molecule has 4 rings (SSSR count). The van der Waals surface area contributed by atoms with Gasteiger partial charge in [0.2, 0.25) is 6.10 Å². The lowest BCUT2D eigenvalue weighted by Gasteiger charge is -2.25. The minimum Gasteiger partial charge on any atom is -0.485 e. The second kappa shape index (κ2) is 8.29. The molecule has 6 heteroatoms. The molecule has 6 nitrogen and oxygen atoms in total. The van der Waals surface area contributed by atoms with E-state index in [9.17, 15) is 4.79 Å². The number of carbonyl (C=O) groups excluding carboxylic acids is 1. The Kier molecular flexibility index (Phi) is 5.42. The zero-order valence-electron chi connectivity index (χ0n) is 15.4. The van der Waals surface area contributed by atoms with Crippen molar-refractivity contribution in [3.05, 3.63) is 48.2 Å². The first-order valence-corrected chi connectivity index (χ1v) is 9.66. The highest BCUT2D eigenvalue weighted by molar-refractivity contribution is 5.81. The van der Waals surface area contributed by atoms with Crippen molar-refractivity contribution >= 4 is 11.7 Å². The Bertz CT molecular complexity index is 770. The molecule has 2 aliphatic heterocycles. The molecule has 142 valence electrons. The van der Waals surface area contributed by atoms with Crippen LogP contribution in [0.4, 0.5) is 5.82 Å². The van der Waals surface area contributed by atoms with E-state index in [0.29, 0.717) is 18.0 Å². The third-order valence-corrected chi connectivity index (χ3v) is 5.01. The Morgan fingerprint density at radius 2 is 1.85 bits per heavy atom. The monoisotopic (exact) mass is 367 g/mol. The van der Waals surface area contributed by atoms with E-state index in [1.807, 2.05) is 36.5 Å². The molecular formula is C21H25N3O3. The second-order valence-electron chi connectivity index (χ2n) is 7.01. The predicted molar refractivity (Wildman–Crippen MR) is 103 cm³/mol. The highest BCUT2D eigenvalue weighted by Crippen LogP contribution is 2.30. The molecule has 0 spiro atoms. The van der Waals surface area contributed by atoms with Crippen LogP contribution in [-0.2, 0) is 11.3 Å². The third kappa shape index (κ3) is 4.32. The van der Waals surface area contributed by atoms with Gasteiger partial charge >= 0.3 is 0 Å². The molecule has 1 N–H and O–H groups in total. The van der Waals surface area contributed by atoms with Gasteiger partial charge in [-0.25, -0.2) is 4.98 Å². The number of fused-ring (bicyclic) bond motifs is 1. The van der Waals surface area contributed by atoms with E-state index < -0.39 is 6.10 Å². The molecule has 0 saturated carbocycles. The Balaban J connectivity index is 1.30. The van der Waals surface area contributed by atoms with Crippen molar-refractivity contribution in [2.45, 2.75) is 38.3 Å². The summed E-state index contributed by atoms with van der Waals surface area (Å²) >= 11 is 0. The van der Waals surface area contributed by atoms with Gasteiger partial charge in [-0.3, -0.25) is 4.79 Å². The van der Waals surface area contributed by atoms with Crippen molar-refractivity contribution in [2.24, 2.45) is 0 Å². The van der Waals surface area contributed by atoms with Crippen LogP contribution in [-0.4, -0.2) is 36.7 Å². The van der Waals surface area contributed by atoms with Gasteiger partial charge in [-0.15, -0.1) is 0 Å². The smallest absolute Gasteiger partial charge is 0.264 e. The number of ether oxygens (including phenoxy) is 2. The topological polar surface area (TPSA) is 63.7 Å². The number of anilines is 1. The number of hydrogen-bond acceptors (Lipinski definition) is 5. The highest BCUT2D eigenvalue weighted by Gasteiger charge is 2.26. The van der Waals surface area contributed by atoms with Crippen molar-refractivity contribution < 1.29 is 14.3 Å². The van der Waals surface area contributed by atoms with E-state index in [-0.39, 0.29) is 12.5 Å². The van der Waals surface area contributed by atoms with Gasteiger partial charge in [-0.2, -0.15) is 0 Å². The van der Waals surface area contributed by atoms with Crippen LogP contribution in [0.25, 0.3) is 0 Å². The number of benzene rings is 1. The summed E-state index contributed by atoms with van der Waals surface area (Å²) in [6, 6.07) is 11.5. The number of hydrogen-bond donors (Lipinski definition) is 1. The number of aromatic nitrogens is 1. The van der Waals surface area contributed by atoms with E-state index in [1.54, 1.807) is 6.07 Å². The number of pyridine rings is 1. The molecule has 0 radical (unpaired) electrons. The molecule has 0 aliphatic carbocycles. The fraction of sp³-hybridized carbons (Fsp3) is 0.429. The number of amides is 1. The molecule has 1 aromatic heterocycles. The standard InChI is InChI=1S/C21H25N3O3/c25-21(19-15-26-17-7-3-4-8-18(17)27-19)23-14-16-9-10-20(22-13-16)24-11-5-1-2-6-12-24/h3-4,7-10,13,19H,1-2,5-6,11-12,14-15H2,(H,23,25)/t19-/m1/s1. The molecule has 1 amide bonds. The number of carbonyl (C=O) groups is 1. The van der Waals surface area contributed by atoms with Gasteiger partial charge in [0.25, 0.3) is 5.91 Å². The fourth-order valence-corrected chi connectivity index (χ4v) is 3.46. The maximum Gasteiger partial charge on any atom is 0.264 e. The van der Waals surface area contributed by atoms with Gasteiger partial charge in [0.1, 0.15) is 12.4 Å². The Morgan fingerprint density at radius 3 is 2.59 bits per heavy atom. The third-order valence-electron chi connectivity index (χ3n) is 5.01. The lowest BCUT2D eigenvalue weighted by atomic mass is 10.2. The summed E-state index contributed by atoms with van der Waals surface area (Å²) in [7, 11) is 0. The molecule has 1 aromatic carbocycles. The molecule has 1 fully saturated rings. The zero-order chi connectivity index (χ0) is 18.5. The van der Waals surface area contributed by atoms with Crippen LogP contribution < -0.4 is 19.7 Å². The van der Waals surface area contributed by atoms with E-state index in [2.05, 4.69) is 15.2 Å². The van der Waals surface area contributed by atoms with Crippen LogP contribution in [0.2, 0.25) is 0 Å². The lowest BCUT2D eigenvalue weighted by molar-refractivity contribution is -0.130. The van der Waals surface area contributed by atoms with Gasteiger partial charge in [0.15, 0.2) is 11.5 Å². The number of nitrogens with one attached hydrogen (secondary N) is 1. The van der Waals surface area contributed by atoms with Crippen LogP contribution in [0, 0.1) is 0 Å². The largest absolute Gasteiger partial charge is 0.485 e. The zero-order valence-corrected chi connectivity index (χ0v) is 15.4. The average molecular weight is 367 g/mol. The minimum atomic E-state index is -0.635. The lowest BCUT2D eigenvalue weighted by Crippen LogP contribution is -2.43. The molecule has 1 saturated heterocycles. The molecule has 0 bridgehead atoms. The van der Waals surface area contributed by atoms with Gasteiger partial charge in [-0.1, -0.05) is 31.0 Å². The molecule has 1 atom stereocenters. The number of para-hydroxylation sites is 2. The normalized spacial score (nSPS) is 19.3. The van der Waals surface area contributed by atoms with Crippen molar-refractivity contribution in [3.8, 4) is 11.5 Å². The first kappa shape index (κ1) is 17.6. The Hall–Kier alpha value is -2.76. The number of nitrogens with zero attached hydrogens (tertiary/aromatic N) is 2. The summed E-state index contributed by atoms with van der Waals surface area (Å²) in [4.78, 5) is 19.3. The van der Waals surface area contributed by atoms with E-state index in [1.165, 1.54) is 25.7 Å². The number of rotatable bonds is 4. The molecular weight excluding hydrogens is 342 g/mol. The summed E-state index contributed by atoms with van der Waals surface area (Å²) in [6.07, 6.45) is 6.27. The van der Waals surface area contributed by atoms with Crippen molar-refractivity contribution in [1.82, 2.24) is 10.3 Å². The molecule has 0 unspecified atom stereocenters. The van der Waals surface area contributed by atoms with E-state index in [4.69, 9.17) is 9.47 Å². The summed E-state index contributed by atoms with van der Waals surface area (Å²) in [5.41, 5.74) is 0.971. The molecule has 2 aromatic rings. The van der Waals surface area contributed by atoms with E-state index in [0.717, 1.165) is 24.5 Å². The summed E-state index contributed by atoms with van der Waals surface area (Å²) in [6.45, 7) is 2.79. The van der Waals surface area contributed by atoms with Crippen LogP contribution in [0.5, 0.6) is 11.5 Å². The van der Waals surface area contributed by atoms with Crippen LogP contribution >= 0.6 is 0 Å². The minimum absolute atomic E-state index is 0.180. The Labute approximate surface area is 159 Å². The maximum absolute atomic E-state index is 12.4.